The van der Waals surface area contributed by atoms with Gasteiger partial charge in [-0.25, -0.2) is 0 Å². The van der Waals surface area contributed by atoms with Crippen LogP contribution in [0.25, 0.3) is 0 Å². The van der Waals surface area contributed by atoms with E-state index in [4.69, 9.17) is 11.6 Å². The number of halogens is 1. The summed E-state index contributed by atoms with van der Waals surface area (Å²) in [5.74, 6) is 0.480. The fraction of sp³-hybridized carbons (Fsp3) is 0.417. The summed E-state index contributed by atoms with van der Waals surface area (Å²) in [6.07, 6.45) is 0.631. The molecule has 1 aromatic rings. The van der Waals surface area contributed by atoms with Crippen LogP contribution < -0.4 is 4.90 Å². The van der Waals surface area contributed by atoms with Crippen LogP contribution in [0.4, 0.5) is 5.69 Å². The molecule has 1 aliphatic heterocycles. The molecule has 2 nitrogen and oxygen atoms in total. The number of nitrogens with zero attached hydrogens (tertiary/aromatic N) is 1. The van der Waals surface area contributed by atoms with Gasteiger partial charge in [0, 0.05) is 25.4 Å². The molecule has 1 aliphatic rings. The quantitative estimate of drug-likeness (QED) is 0.730. The lowest BCUT2D eigenvalue weighted by molar-refractivity contribution is -0.122. The van der Waals surface area contributed by atoms with Gasteiger partial charge in [0.1, 0.15) is 5.78 Å². The lowest BCUT2D eigenvalue weighted by atomic mass is 9.98. The number of benzene rings is 1. The Balaban J connectivity index is 2.19. The van der Waals surface area contributed by atoms with Gasteiger partial charge in [0.15, 0.2) is 0 Å². The number of hydrogen-bond acceptors (Lipinski definition) is 2. The summed E-state index contributed by atoms with van der Waals surface area (Å²) < 4.78 is 0. The molecular weight excluding hydrogens is 210 g/mol. The highest BCUT2D eigenvalue weighted by molar-refractivity contribution is 6.33. The maximum absolute atomic E-state index is 11.4. The van der Waals surface area contributed by atoms with Crippen LogP contribution >= 0.6 is 11.6 Å². The minimum atomic E-state index is 0.120. The molecule has 1 aromatic carbocycles. The first kappa shape index (κ1) is 10.5. The monoisotopic (exact) mass is 223 g/mol. The first-order valence-electron chi connectivity index (χ1n) is 5.20. The van der Waals surface area contributed by atoms with Gasteiger partial charge in [-0.15, -0.1) is 0 Å². The van der Waals surface area contributed by atoms with E-state index >= 15 is 0 Å². The van der Waals surface area contributed by atoms with Crippen LogP contribution in [0.2, 0.25) is 5.02 Å². The topological polar surface area (TPSA) is 20.3 Å². The summed E-state index contributed by atoms with van der Waals surface area (Å²) in [7, 11) is 0. The number of hydrogen-bond donors (Lipinski definition) is 0. The molecule has 15 heavy (non-hydrogen) atoms. The first-order chi connectivity index (χ1) is 7.18. The molecule has 0 spiro atoms. The fourth-order valence-electron chi connectivity index (χ4n) is 1.94. The Hall–Kier alpha value is -1.02. The smallest absolute Gasteiger partial charge is 0.139 e. The van der Waals surface area contributed by atoms with Gasteiger partial charge in [-0.2, -0.15) is 0 Å². The van der Waals surface area contributed by atoms with Crippen LogP contribution in [-0.2, 0) is 4.79 Å². The van der Waals surface area contributed by atoms with Crippen molar-refractivity contribution < 1.29 is 4.79 Å². The van der Waals surface area contributed by atoms with Crippen LogP contribution in [0.1, 0.15) is 13.3 Å². The van der Waals surface area contributed by atoms with Crippen molar-refractivity contribution in [3.63, 3.8) is 0 Å². The van der Waals surface area contributed by atoms with E-state index < -0.39 is 0 Å². The molecule has 0 aliphatic carbocycles. The van der Waals surface area contributed by atoms with Gasteiger partial charge >= 0.3 is 0 Å². The predicted molar refractivity (Wildman–Crippen MR) is 62.5 cm³/mol. The zero-order valence-electron chi connectivity index (χ0n) is 8.74. The maximum atomic E-state index is 11.4. The van der Waals surface area contributed by atoms with E-state index in [1.807, 2.05) is 31.2 Å². The number of anilines is 1. The average Bonchev–Trinajstić information content (AvgIpc) is 2.23. The summed E-state index contributed by atoms with van der Waals surface area (Å²) in [6, 6.07) is 7.79. The van der Waals surface area contributed by atoms with Gasteiger partial charge < -0.3 is 4.90 Å². The molecule has 1 heterocycles. The Bertz CT molecular complexity index is 378. The SMILES string of the molecule is CC1CN(c2ccccc2Cl)CCC1=O. The molecule has 1 saturated heterocycles. The van der Waals surface area contributed by atoms with Gasteiger partial charge in [-0.3, -0.25) is 4.79 Å². The third-order valence-corrected chi connectivity index (χ3v) is 3.18. The Labute approximate surface area is 94.8 Å². The third-order valence-electron chi connectivity index (χ3n) is 2.87. The van der Waals surface area contributed by atoms with Crippen LogP contribution in [0.5, 0.6) is 0 Å². The van der Waals surface area contributed by atoms with Crippen molar-refractivity contribution in [1.82, 2.24) is 0 Å². The highest BCUT2D eigenvalue weighted by atomic mass is 35.5. The number of carbonyl (C=O) groups excluding carboxylic acids is 1. The Morgan fingerprint density at radius 2 is 2.13 bits per heavy atom. The molecule has 1 fully saturated rings. The van der Waals surface area contributed by atoms with Crippen LogP contribution in [-0.4, -0.2) is 18.9 Å². The second-order valence-electron chi connectivity index (χ2n) is 4.01. The molecule has 0 radical (unpaired) electrons. The first-order valence-corrected chi connectivity index (χ1v) is 5.58. The second-order valence-corrected chi connectivity index (χ2v) is 4.42. The van der Waals surface area contributed by atoms with E-state index in [9.17, 15) is 4.79 Å². The highest BCUT2D eigenvalue weighted by Crippen LogP contribution is 2.28. The summed E-state index contributed by atoms with van der Waals surface area (Å²) in [6.45, 7) is 3.54. The van der Waals surface area contributed by atoms with Gasteiger partial charge in [0.05, 0.1) is 10.7 Å². The maximum Gasteiger partial charge on any atom is 0.139 e. The molecule has 1 atom stereocenters. The standard InChI is InChI=1S/C12H14ClNO/c1-9-8-14(7-6-12(9)15)11-5-3-2-4-10(11)13/h2-5,9H,6-8H2,1H3. The van der Waals surface area contributed by atoms with E-state index in [1.165, 1.54) is 0 Å². The van der Waals surface area contributed by atoms with E-state index in [1.54, 1.807) is 0 Å². The van der Waals surface area contributed by atoms with Crippen molar-refractivity contribution in [3.05, 3.63) is 29.3 Å². The molecule has 0 N–H and O–H groups in total. The Kier molecular flexibility index (Phi) is 2.96. The molecule has 0 bridgehead atoms. The zero-order valence-corrected chi connectivity index (χ0v) is 9.50. The third kappa shape index (κ3) is 2.15. The minimum absolute atomic E-state index is 0.120. The lowest BCUT2D eigenvalue weighted by Gasteiger charge is -2.32. The minimum Gasteiger partial charge on any atom is -0.369 e. The number of Topliss-reactive ketones (excluding diaryl/α,β-unsaturated/α-hetero) is 1. The fourth-order valence-corrected chi connectivity index (χ4v) is 2.20. The largest absolute Gasteiger partial charge is 0.369 e. The lowest BCUT2D eigenvalue weighted by Crippen LogP contribution is -2.39. The van der Waals surface area contributed by atoms with Crippen molar-refractivity contribution in [2.24, 2.45) is 5.92 Å². The molecule has 3 heteroatoms. The molecule has 0 aromatic heterocycles. The number of carbonyl (C=O) groups is 1. The second kappa shape index (κ2) is 4.23. The van der Waals surface area contributed by atoms with Crippen LogP contribution in [0.3, 0.4) is 0 Å². The van der Waals surface area contributed by atoms with Crippen molar-refractivity contribution >= 4 is 23.1 Å². The predicted octanol–water partition coefficient (Wildman–Crippen LogP) is 2.76. The van der Waals surface area contributed by atoms with E-state index in [-0.39, 0.29) is 5.92 Å². The van der Waals surface area contributed by atoms with Gasteiger partial charge in [-0.05, 0) is 12.1 Å². The normalized spacial score (nSPS) is 21.9. The van der Waals surface area contributed by atoms with Gasteiger partial charge in [-0.1, -0.05) is 30.7 Å². The summed E-state index contributed by atoms with van der Waals surface area (Å²) in [5.41, 5.74) is 1.04. The Morgan fingerprint density at radius 1 is 1.40 bits per heavy atom. The molecular formula is C12H14ClNO. The summed E-state index contributed by atoms with van der Waals surface area (Å²) in [4.78, 5) is 13.6. The Morgan fingerprint density at radius 3 is 2.80 bits per heavy atom. The van der Waals surface area contributed by atoms with Crippen molar-refractivity contribution in [1.29, 1.82) is 0 Å². The molecule has 0 amide bonds. The number of piperidine rings is 1. The van der Waals surface area contributed by atoms with Crippen LogP contribution in [0.15, 0.2) is 24.3 Å². The van der Waals surface area contributed by atoms with E-state index in [0.29, 0.717) is 12.2 Å². The van der Waals surface area contributed by atoms with Crippen molar-refractivity contribution in [2.45, 2.75) is 13.3 Å². The molecule has 2 rings (SSSR count). The van der Waals surface area contributed by atoms with Crippen molar-refractivity contribution in [2.75, 3.05) is 18.0 Å². The molecule has 80 valence electrons. The number of rotatable bonds is 1. The van der Waals surface area contributed by atoms with Gasteiger partial charge in [0.25, 0.3) is 0 Å². The van der Waals surface area contributed by atoms with Gasteiger partial charge in [0.2, 0.25) is 0 Å². The number of ketones is 1. The van der Waals surface area contributed by atoms with Crippen LogP contribution in [0, 0.1) is 5.92 Å². The van der Waals surface area contributed by atoms with Crippen molar-refractivity contribution in [3.8, 4) is 0 Å². The zero-order chi connectivity index (χ0) is 10.8. The average molecular weight is 224 g/mol. The summed E-state index contributed by atoms with van der Waals surface area (Å²) >= 11 is 6.12. The van der Waals surface area contributed by atoms with E-state index in [2.05, 4.69) is 4.90 Å². The highest BCUT2D eigenvalue weighted by Gasteiger charge is 2.24. The molecule has 1 unspecified atom stereocenters. The van der Waals surface area contributed by atoms with E-state index in [0.717, 1.165) is 23.8 Å². The molecule has 0 saturated carbocycles. The number of para-hydroxylation sites is 1. The summed E-state index contributed by atoms with van der Waals surface area (Å²) in [5, 5.41) is 0.763.